The number of aliphatic carboxylic acids is 1. The largest absolute Gasteiger partial charge is 0.481 e. The highest BCUT2D eigenvalue weighted by Crippen LogP contribution is 2.31. The molecule has 1 rings (SSSR count). The molecule has 0 spiro atoms. The number of carboxylic acid groups (broad SMARTS) is 1. The lowest BCUT2D eigenvalue weighted by molar-refractivity contribution is -0.137. The molecule has 0 aromatic rings. The van der Waals surface area contributed by atoms with Crippen molar-refractivity contribution in [2.75, 3.05) is 0 Å². The van der Waals surface area contributed by atoms with Gasteiger partial charge in [0.1, 0.15) is 0 Å². The molecule has 0 fully saturated rings. The highest BCUT2D eigenvalue weighted by atomic mass is 16.4. The van der Waals surface area contributed by atoms with Crippen LogP contribution in [0.3, 0.4) is 0 Å². The van der Waals surface area contributed by atoms with Crippen LogP contribution >= 0.6 is 0 Å². The third kappa shape index (κ3) is 7.10. The quantitative estimate of drug-likeness (QED) is 0.292. The van der Waals surface area contributed by atoms with Gasteiger partial charge in [0.2, 0.25) is 0 Å². The number of nitrogens with zero attached hydrogens (tertiary/aromatic N) is 1. The molecule has 0 saturated carbocycles. The maximum atomic E-state index is 10.5. The number of rotatable bonds is 12. The molecule has 22 heavy (non-hydrogen) atoms. The van der Waals surface area contributed by atoms with E-state index in [0.717, 1.165) is 57.1 Å². The summed E-state index contributed by atoms with van der Waals surface area (Å²) >= 11 is 0. The lowest BCUT2D eigenvalue weighted by atomic mass is 9.98. The van der Waals surface area contributed by atoms with Crippen molar-refractivity contribution in [1.82, 2.24) is 0 Å². The van der Waals surface area contributed by atoms with E-state index in [4.69, 9.17) is 10.3 Å². The fraction of sp³-hybridized carbons (Fsp3) is 0.778. The van der Waals surface area contributed by atoms with Crippen molar-refractivity contribution in [3.05, 3.63) is 11.1 Å². The predicted octanol–water partition coefficient (Wildman–Crippen LogP) is 5.30. The van der Waals surface area contributed by atoms with Gasteiger partial charge in [0.15, 0.2) is 0 Å². The van der Waals surface area contributed by atoms with Crippen LogP contribution in [0.4, 0.5) is 0 Å². The molecule has 0 amide bonds. The molecular weight excluding hydrogens is 278 g/mol. The van der Waals surface area contributed by atoms with Gasteiger partial charge in [0.25, 0.3) is 0 Å². The van der Waals surface area contributed by atoms with Crippen LogP contribution in [0.2, 0.25) is 0 Å². The third-order valence-electron chi connectivity index (χ3n) is 4.46. The second-order valence-corrected chi connectivity index (χ2v) is 6.25. The minimum atomic E-state index is -0.706. The molecular formula is C18H31NO3. The van der Waals surface area contributed by atoms with Gasteiger partial charge in [0.05, 0.1) is 5.71 Å². The van der Waals surface area contributed by atoms with Gasteiger partial charge in [-0.3, -0.25) is 4.79 Å². The Morgan fingerprint density at radius 3 is 2.36 bits per heavy atom. The lowest BCUT2D eigenvalue weighted by Crippen LogP contribution is -1.99. The number of carbonyl (C=O) groups is 1. The molecule has 0 atom stereocenters. The minimum Gasteiger partial charge on any atom is -0.481 e. The van der Waals surface area contributed by atoms with Crippen molar-refractivity contribution in [1.29, 1.82) is 0 Å². The molecule has 4 heteroatoms. The summed E-state index contributed by atoms with van der Waals surface area (Å²) in [6.07, 6.45) is 13.3. The predicted molar refractivity (Wildman–Crippen MR) is 89.6 cm³/mol. The Morgan fingerprint density at radius 1 is 1.00 bits per heavy atom. The van der Waals surface area contributed by atoms with Gasteiger partial charge >= 0.3 is 5.97 Å². The SMILES string of the molecule is CCCCCCC1=C(CCCCCCC(=O)O)/C(=N/O)CC1. The van der Waals surface area contributed by atoms with Gasteiger partial charge < -0.3 is 10.3 Å². The molecule has 0 unspecified atom stereocenters. The molecule has 0 radical (unpaired) electrons. The molecule has 4 nitrogen and oxygen atoms in total. The van der Waals surface area contributed by atoms with E-state index in [-0.39, 0.29) is 6.42 Å². The Hall–Kier alpha value is -1.32. The highest BCUT2D eigenvalue weighted by Gasteiger charge is 2.20. The smallest absolute Gasteiger partial charge is 0.303 e. The molecule has 0 aliphatic heterocycles. The zero-order valence-electron chi connectivity index (χ0n) is 13.9. The Kier molecular flexibility index (Phi) is 9.60. The summed E-state index contributed by atoms with van der Waals surface area (Å²) in [5, 5.41) is 21.3. The van der Waals surface area contributed by atoms with Crippen LogP contribution in [0.15, 0.2) is 16.3 Å². The third-order valence-corrected chi connectivity index (χ3v) is 4.46. The highest BCUT2D eigenvalue weighted by molar-refractivity contribution is 6.02. The number of oxime groups is 1. The number of allylic oxidation sites excluding steroid dienone is 2. The molecule has 0 bridgehead atoms. The van der Waals surface area contributed by atoms with Crippen molar-refractivity contribution < 1.29 is 15.1 Å². The van der Waals surface area contributed by atoms with Gasteiger partial charge in [-0.25, -0.2) is 0 Å². The van der Waals surface area contributed by atoms with E-state index < -0.39 is 5.97 Å². The zero-order valence-corrected chi connectivity index (χ0v) is 13.9. The molecule has 1 aliphatic carbocycles. The summed E-state index contributed by atoms with van der Waals surface area (Å²) in [7, 11) is 0. The Labute approximate surface area is 134 Å². The molecule has 2 N–H and O–H groups in total. The first kappa shape index (κ1) is 18.7. The van der Waals surface area contributed by atoms with Crippen molar-refractivity contribution in [2.24, 2.45) is 5.16 Å². The summed E-state index contributed by atoms with van der Waals surface area (Å²) in [6.45, 7) is 2.22. The average molecular weight is 309 g/mol. The van der Waals surface area contributed by atoms with Crippen LogP contribution in [-0.2, 0) is 4.79 Å². The topological polar surface area (TPSA) is 69.9 Å². The molecule has 1 aliphatic rings. The van der Waals surface area contributed by atoms with Gasteiger partial charge in [-0.05, 0) is 50.5 Å². The van der Waals surface area contributed by atoms with E-state index in [9.17, 15) is 4.79 Å². The number of hydrogen-bond acceptors (Lipinski definition) is 3. The van der Waals surface area contributed by atoms with E-state index in [2.05, 4.69) is 12.1 Å². The zero-order chi connectivity index (χ0) is 16.2. The second kappa shape index (κ2) is 11.3. The second-order valence-electron chi connectivity index (χ2n) is 6.25. The fourth-order valence-corrected chi connectivity index (χ4v) is 3.18. The maximum Gasteiger partial charge on any atom is 0.303 e. The van der Waals surface area contributed by atoms with Crippen LogP contribution in [0.1, 0.15) is 90.4 Å². The van der Waals surface area contributed by atoms with E-state index >= 15 is 0 Å². The van der Waals surface area contributed by atoms with E-state index in [0.29, 0.717) is 0 Å². The molecule has 126 valence electrons. The first-order valence-corrected chi connectivity index (χ1v) is 8.83. The monoisotopic (exact) mass is 309 g/mol. The summed E-state index contributed by atoms with van der Waals surface area (Å²) in [4.78, 5) is 10.5. The normalized spacial score (nSPS) is 16.7. The fourth-order valence-electron chi connectivity index (χ4n) is 3.18. The number of carboxylic acids is 1. The molecule has 0 saturated heterocycles. The summed E-state index contributed by atoms with van der Waals surface area (Å²) in [6, 6.07) is 0. The van der Waals surface area contributed by atoms with Gasteiger partial charge in [-0.2, -0.15) is 0 Å². The van der Waals surface area contributed by atoms with Crippen molar-refractivity contribution in [2.45, 2.75) is 90.4 Å². The molecule has 0 heterocycles. The van der Waals surface area contributed by atoms with Crippen LogP contribution < -0.4 is 0 Å². The van der Waals surface area contributed by atoms with E-state index in [1.54, 1.807) is 0 Å². The summed E-state index contributed by atoms with van der Waals surface area (Å²) in [5.41, 5.74) is 3.67. The van der Waals surface area contributed by atoms with Crippen LogP contribution in [0.25, 0.3) is 0 Å². The Bertz CT molecular complexity index is 399. The van der Waals surface area contributed by atoms with Gasteiger partial charge in [-0.1, -0.05) is 49.8 Å². The first-order valence-electron chi connectivity index (χ1n) is 8.83. The number of hydrogen-bond donors (Lipinski definition) is 2. The Morgan fingerprint density at radius 2 is 1.68 bits per heavy atom. The maximum absolute atomic E-state index is 10.5. The standard InChI is InChI=1S/C18H31NO3/c1-2-3-4-7-10-15-13-14-17(19-22)16(15)11-8-5-6-9-12-18(20)21/h22H,2-14H2,1H3,(H,20,21)/b19-17+. The van der Waals surface area contributed by atoms with Gasteiger partial charge in [-0.15, -0.1) is 0 Å². The van der Waals surface area contributed by atoms with E-state index in [1.807, 2.05) is 0 Å². The summed E-state index contributed by atoms with van der Waals surface area (Å²) < 4.78 is 0. The van der Waals surface area contributed by atoms with Crippen LogP contribution in [-0.4, -0.2) is 22.0 Å². The van der Waals surface area contributed by atoms with Crippen LogP contribution in [0.5, 0.6) is 0 Å². The average Bonchev–Trinajstić information content (AvgIpc) is 2.89. The molecule has 0 aromatic carbocycles. The van der Waals surface area contributed by atoms with Crippen LogP contribution in [0, 0.1) is 0 Å². The van der Waals surface area contributed by atoms with Gasteiger partial charge in [0, 0.05) is 6.42 Å². The minimum absolute atomic E-state index is 0.273. The summed E-state index contributed by atoms with van der Waals surface area (Å²) in [5.74, 6) is -0.706. The van der Waals surface area contributed by atoms with Crippen molar-refractivity contribution in [3.8, 4) is 0 Å². The van der Waals surface area contributed by atoms with Crippen molar-refractivity contribution >= 4 is 11.7 Å². The lowest BCUT2D eigenvalue weighted by Gasteiger charge is -2.08. The Balaban J connectivity index is 2.34. The van der Waals surface area contributed by atoms with E-state index in [1.165, 1.54) is 36.8 Å². The first-order chi connectivity index (χ1) is 10.7. The number of unbranched alkanes of at least 4 members (excludes halogenated alkanes) is 6. The van der Waals surface area contributed by atoms with Crippen molar-refractivity contribution in [3.63, 3.8) is 0 Å². The molecule has 0 aromatic heterocycles.